The number of anilines is 1. The van der Waals surface area contributed by atoms with Crippen LogP contribution in [0, 0.1) is 0 Å². The number of nitrogens with one attached hydrogen (secondary N) is 2. The Kier molecular flexibility index (Phi) is 2.99. The molecule has 0 aliphatic carbocycles. The van der Waals surface area contributed by atoms with Crippen molar-refractivity contribution in [2.24, 2.45) is 0 Å². The first kappa shape index (κ1) is 11.0. The van der Waals surface area contributed by atoms with Gasteiger partial charge in [0, 0.05) is 34.0 Å². The van der Waals surface area contributed by atoms with Crippen LogP contribution in [0.3, 0.4) is 0 Å². The number of fused-ring (bicyclic) bond motifs is 1. The van der Waals surface area contributed by atoms with E-state index in [0.717, 1.165) is 29.8 Å². The molecule has 1 unspecified atom stereocenters. The molecule has 1 aliphatic heterocycles. The Balaban J connectivity index is 2.01. The molecule has 1 aliphatic rings. The number of rotatable bonds is 2. The van der Waals surface area contributed by atoms with Gasteiger partial charge >= 0.3 is 0 Å². The highest BCUT2D eigenvalue weighted by atomic mass is 79.9. The third kappa shape index (κ3) is 2.15. The van der Waals surface area contributed by atoms with E-state index in [1.165, 1.54) is 10.8 Å². The second-order valence-corrected chi connectivity index (χ2v) is 5.18. The summed E-state index contributed by atoms with van der Waals surface area (Å²) in [6.07, 6.45) is 3.02. The monoisotopic (exact) mass is 291 g/mol. The normalized spacial score (nSPS) is 19.7. The van der Waals surface area contributed by atoms with E-state index in [1.54, 1.807) is 0 Å². The van der Waals surface area contributed by atoms with E-state index < -0.39 is 0 Å². The molecule has 88 valence electrons. The number of hydrogen-bond acceptors (Lipinski definition) is 3. The van der Waals surface area contributed by atoms with Crippen molar-refractivity contribution >= 4 is 32.5 Å². The Bertz CT molecular complexity index is 535. The maximum atomic E-state index is 4.45. The largest absolute Gasteiger partial charge is 0.365 e. The van der Waals surface area contributed by atoms with Crippen molar-refractivity contribution in [3.63, 3.8) is 0 Å². The molecule has 1 saturated heterocycles. The number of pyridine rings is 1. The summed E-state index contributed by atoms with van der Waals surface area (Å²) < 4.78 is 1.12. The lowest BCUT2D eigenvalue weighted by atomic mass is 10.1. The molecule has 2 heterocycles. The van der Waals surface area contributed by atoms with E-state index in [-0.39, 0.29) is 0 Å². The molecule has 1 fully saturated rings. The van der Waals surface area contributed by atoms with Gasteiger partial charge in [0.15, 0.2) is 0 Å². The topological polar surface area (TPSA) is 37.0 Å². The molecule has 0 spiro atoms. The third-order valence-corrected chi connectivity index (χ3v) is 3.85. The zero-order chi connectivity index (χ0) is 11.7. The fraction of sp³-hybridized carbons (Fsp3) is 0.308. The van der Waals surface area contributed by atoms with Crippen molar-refractivity contribution in [2.75, 3.05) is 18.4 Å². The lowest BCUT2D eigenvalue weighted by Gasteiger charge is -2.14. The predicted molar refractivity (Wildman–Crippen MR) is 74.3 cm³/mol. The standard InChI is InChI=1S/C13H14BrN3/c14-12-3-1-2-11-10(12)5-7-16-13(11)17-9-4-6-15-8-9/h1-3,5,7,9,15H,4,6,8H2,(H,16,17). The molecular weight excluding hydrogens is 278 g/mol. The van der Waals surface area contributed by atoms with Gasteiger partial charge in [-0.3, -0.25) is 0 Å². The molecular formula is C13H14BrN3. The van der Waals surface area contributed by atoms with Gasteiger partial charge in [0.2, 0.25) is 0 Å². The van der Waals surface area contributed by atoms with Crippen LogP contribution in [0.25, 0.3) is 10.8 Å². The van der Waals surface area contributed by atoms with Gasteiger partial charge in [-0.1, -0.05) is 28.1 Å². The molecule has 3 rings (SSSR count). The van der Waals surface area contributed by atoms with Gasteiger partial charge in [0.05, 0.1) is 0 Å². The average molecular weight is 292 g/mol. The highest BCUT2D eigenvalue weighted by Crippen LogP contribution is 2.28. The number of benzene rings is 1. The first-order chi connectivity index (χ1) is 8.34. The summed E-state index contributed by atoms with van der Waals surface area (Å²) >= 11 is 3.58. The quantitative estimate of drug-likeness (QED) is 0.893. The molecule has 0 radical (unpaired) electrons. The van der Waals surface area contributed by atoms with E-state index in [9.17, 15) is 0 Å². The molecule has 1 atom stereocenters. The molecule has 1 aromatic carbocycles. The summed E-state index contributed by atoms with van der Waals surface area (Å²) in [5.41, 5.74) is 0. The number of aromatic nitrogens is 1. The smallest absolute Gasteiger partial charge is 0.134 e. The van der Waals surface area contributed by atoms with E-state index >= 15 is 0 Å². The Morgan fingerprint density at radius 1 is 1.29 bits per heavy atom. The fourth-order valence-electron chi connectivity index (χ4n) is 2.26. The van der Waals surface area contributed by atoms with Crippen LogP contribution in [0.15, 0.2) is 34.9 Å². The summed E-state index contributed by atoms with van der Waals surface area (Å²) in [5, 5.41) is 9.25. The van der Waals surface area contributed by atoms with Crippen LogP contribution in [-0.4, -0.2) is 24.1 Å². The zero-order valence-electron chi connectivity index (χ0n) is 9.41. The van der Waals surface area contributed by atoms with E-state index in [0.29, 0.717) is 6.04 Å². The molecule has 0 amide bonds. The van der Waals surface area contributed by atoms with Gasteiger partial charge < -0.3 is 10.6 Å². The van der Waals surface area contributed by atoms with Gasteiger partial charge in [-0.05, 0) is 25.1 Å². The van der Waals surface area contributed by atoms with Crippen LogP contribution in [0.4, 0.5) is 5.82 Å². The minimum Gasteiger partial charge on any atom is -0.365 e. The number of nitrogens with zero attached hydrogens (tertiary/aromatic N) is 1. The lowest BCUT2D eigenvalue weighted by molar-refractivity contribution is 0.789. The van der Waals surface area contributed by atoms with Crippen LogP contribution in [0.5, 0.6) is 0 Å². The summed E-state index contributed by atoms with van der Waals surface area (Å²) in [6, 6.07) is 8.75. The predicted octanol–water partition coefficient (Wildman–Crippen LogP) is 2.77. The van der Waals surface area contributed by atoms with Crippen LogP contribution in [0.2, 0.25) is 0 Å². The second-order valence-electron chi connectivity index (χ2n) is 4.33. The molecule has 4 heteroatoms. The van der Waals surface area contributed by atoms with Crippen LogP contribution < -0.4 is 10.6 Å². The SMILES string of the molecule is Brc1cccc2c(NC3CCNC3)nccc12. The minimum atomic E-state index is 0.493. The Morgan fingerprint density at radius 3 is 3.06 bits per heavy atom. The van der Waals surface area contributed by atoms with Crippen LogP contribution >= 0.6 is 15.9 Å². The second kappa shape index (κ2) is 4.63. The van der Waals surface area contributed by atoms with Crippen molar-refractivity contribution < 1.29 is 0 Å². The fourth-order valence-corrected chi connectivity index (χ4v) is 2.75. The summed E-state index contributed by atoms with van der Waals surface area (Å²) in [4.78, 5) is 4.45. The Labute approximate surface area is 109 Å². The van der Waals surface area contributed by atoms with Crippen molar-refractivity contribution in [3.05, 3.63) is 34.9 Å². The average Bonchev–Trinajstić information content (AvgIpc) is 2.83. The lowest BCUT2D eigenvalue weighted by Crippen LogP contribution is -2.22. The highest BCUT2D eigenvalue weighted by Gasteiger charge is 2.15. The van der Waals surface area contributed by atoms with Gasteiger partial charge in [0.25, 0.3) is 0 Å². The van der Waals surface area contributed by atoms with Crippen molar-refractivity contribution in [3.8, 4) is 0 Å². The van der Waals surface area contributed by atoms with E-state index in [1.807, 2.05) is 18.3 Å². The molecule has 0 bridgehead atoms. The van der Waals surface area contributed by atoms with Gasteiger partial charge in [-0.25, -0.2) is 4.98 Å². The van der Waals surface area contributed by atoms with Crippen LogP contribution in [0.1, 0.15) is 6.42 Å². The van der Waals surface area contributed by atoms with Gasteiger partial charge in [-0.2, -0.15) is 0 Å². The first-order valence-electron chi connectivity index (χ1n) is 5.85. The summed E-state index contributed by atoms with van der Waals surface area (Å²) in [7, 11) is 0. The van der Waals surface area contributed by atoms with Crippen LogP contribution in [-0.2, 0) is 0 Å². The molecule has 3 nitrogen and oxygen atoms in total. The van der Waals surface area contributed by atoms with Crippen molar-refractivity contribution in [1.82, 2.24) is 10.3 Å². The van der Waals surface area contributed by atoms with Crippen molar-refractivity contribution in [1.29, 1.82) is 0 Å². The third-order valence-electron chi connectivity index (χ3n) is 3.15. The Hall–Kier alpha value is -1.13. The molecule has 0 saturated carbocycles. The minimum absolute atomic E-state index is 0.493. The maximum Gasteiger partial charge on any atom is 0.134 e. The maximum absolute atomic E-state index is 4.45. The Morgan fingerprint density at radius 2 is 2.24 bits per heavy atom. The van der Waals surface area contributed by atoms with Gasteiger partial charge in [0.1, 0.15) is 5.82 Å². The van der Waals surface area contributed by atoms with E-state index in [4.69, 9.17) is 0 Å². The molecule has 2 aromatic rings. The number of halogens is 1. The van der Waals surface area contributed by atoms with Crippen molar-refractivity contribution in [2.45, 2.75) is 12.5 Å². The summed E-state index contributed by atoms with van der Waals surface area (Å²) in [5.74, 6) is 0.984. The number of hydrogen-bond donors (Lipinski definition) is 2. The van der Waals surface area contributed by atoms with Gasteiger partial charge in [-0.15, -0.1) is 0 Å². The molecule has 1 aromatic heterocycles. The van der Waals surface area contributed by atoms with E-state index in [2.05, 4.69) is 43.7 Å². The molecule has 2 N–H and O–H groups in total. The first-order valence-corrected chi connectivity index (χ1v) is 6.64. The molecule has 17 heavy (non-hydrogen) atoms. The zero-order valence-corrected chi connectivity index (χ0v) is 11.0. The highest BCUT2D eigenvalue weighted by molar-refractivity contribution is 9.10. The summed E-state index contributed by atoms with van der Waals surface area (Å²) in [6.45, 7) is 2.11.